The lowest BCUT2D eigenvalue weighted by molar-refractivity contribution is 0.0953. The third-order valence-electron chi connectivity index (χ3n) is 4.44. The minimum Gasteiger partial charge on any atom is -0.352 e. The standard InChI is InChI=1S/C23H26N4O2S/c1-3-12-24-21(28)18-5-4-6-19(14-18)27-23(29)25-13-11-20-15-30-22(26-20)17-9-7-16(2)8-10-17/h4-10,14-15H,3,11-13H2,1-2H3,(H,24,28)(H2,25,27,29). The quantitative estimate of drug-likeness (QED) is 0.495. The minimum atomic E-state index is -0.310. The van der Waals surface area contributed by atoms with Gasteiger partial charge in [0.15, 0.2) is 0 Å². The van der Waals surface area contributed by atoms with Crippen LogP contribution in [0.2, 0.25) is 0 Å². The van der Waals surface area contributed by atoms with Crippen LogP contribution >= 0.6 is 11.3 Å². The fourth-order valence-electron chi connectivity index (χ4n) is 2.81. The van der Waals surface area contributed by atoms with Crippen LogP contribution in [0.4, 0.5) is 10.5 Å². The van der Waals surface area contributed by atoms with Gasteiger partial charge in [-0.2, -0.15) is 0 Å². The predicted molar refractivity (Wildman–Crippen MR) is 122 cm³/mol. The SMILES string of the molecule is CCCNC(=O)c1cccc(NC(=O)NCCc2csc(-c3ccc(C)cc3)n2)c1. The maximum Gasteiger partial charge on any atom is 0.319 e. The first-order chi connectivity index (χ1) is 14.5. The number of carbonyl (C=O) groups excluding carboxylic acids is 2. The third kappa shape index (κ3) is 6.15. The maximum absolute atomic E-state index is 12.2. The number of hydrogen-bond donors (Lipinski definition) is 3. The normalized spacial score (nSPS) is 10.5. The predicted octanol–water partition coefficient (Wildman–Crippen LogP) is 4.62. The minimum absolute atomic E-state index is 0.145. The van der Waals surface area contributed by atoms with Crippen LogP contribution < -0.4 is 16.0 Å². The summed E-state index contributed by atoms with van der Waals surface area (Å²) in [5, 5.41) is 11.4. The number of aromatic nitrogens is 1. The first kappa shape index (κ1) is 21.5. The zero-order valence-corrected chi connectivity index (χ0v) is 18.0. The van der Waals surface area contributed by atoms with Crippen LogP contribution in [0.25, 0.3) is 10.6 Å². The molecule has 0 radical (unpaired) electrons. The molecule has 0 aliphatic rings. The molecule has 30 heavy (non-hydrogen) atoms. The molecule has 3 N–H and O–H groups in total. The van der Waals surface area contributed by atoms with E-state index in [2.05, 4.69) is 52.1 Å². The summed E-state index contributed by atoms with van der Waals surface area (Å²) in [7, 11) is 0. The molecule has 156 valence electrons. The van der Waals surface area contributed by atoms with E-state index in [-0.39, 0.29) is 11.9 Å². The summed E-state index contributed by atoms with van der Waals surface area (Å²) in [5.74, 6) is -0.145. The van der Waals surface area contributed by atoms with Crippen LogP contribution in [0, 0.1) is 6.92 Å². The molecule has 0 saturated heterocycles. The molecule has 1 heterocycles. The molecule has 3 rings (SSSR count). The zero-order valence-electron chi connectivity index (χ0n) is 17.2. The van der Waals surface area contributed by atoms with E-state index in [9.17, 15) is 9.59 Å². The number of thiazole rings is 1. The molecule has 0 aliphatic heterocycles. The molecule has 0 spiro atoms. The lowest BCUT2D eigenvalue weighted by atomic mass is 10.2. The van der Waals surface area contributed by atoms with Gasteiger partial charge in [-0.15, -0.1) is 11.3 Å². The largest absolute Gasteiger partial charge is 0.352 e. The van der Waals surface area contributed by atoms with Gasteiger partial charge in [0.05, 0.1) is 5.69 Å². The number of aryl methyl sites for hydroxylation is 1. The first-order valence-electron chi connectivity index (χ1n) is 9.99. The van der Waals surface area contributed by atoms with Gasteiger partial charge in [-0.1, -0.05) is 42.8 Å². The van der Waals surface area contributed by atoms with E-state index in [0.29, 0.717) is 30.8 Å². The number of anilines is 1. The van der Waals surface area contributed by atoms with Crippen molar-refractivity contribution in [2.24, 2.45) is 0 Å². The van der Waals surface area contributed by atoms with Crippen LogP contribution in [-0.4, -0.2) is 30.0 Å². The Balaban J connectivity index is 1.47. The number of urea groups is 1. The Morgan fingerprint density at radius 1 is 1.03 bits per heavy atom. The average Bonchev–Trinajstić information content (AvgIpc) is 3.21. The molecule has 0 fully saturated rings. The summed E-state index contributed by atoms with van der Waals surface area (Å²) in [6, 6.07) is 14.9. The average molecular weight is 423 g/mol. The summed E-state index contributed by atoms with van der Waals surface area (Å²) in [6.07, 6.45) is 1.52. The number of amides is 3. The Morgan fingerprint density at radius 2 is 1.83 bits per heavy atom. The van der Waals surface area contributed by atoms with Gasteiger partial charge < -0.3 is 16.0 Å². The second-order valence-electron chi connectivity index (χ2n) is 6.98. The number of nitrogens with zero attached hydrogens (tertiary/aromatic N) is 1. The number of carbonyl (C=O) groups is 2. The van der Waals surface area contributed by atoms with E-state index in [1.165, 1.54) is 5.56 Å². The van der Waals surface area contributed by atoms with Crippen molar-refractivity contribution in [3.05, 3.63) is 70.7 Å². The lowest BCUT2D eigenvalue weighted by Crippen LogP contribution is -2.30. The summed E-state index contributed by atoms with van der Waals surface area (Å²) in [4.78, 5) is 28.9. The summed E-state index contributed by atoms with van der Waals surface area (Å²) in [6.45, 7) is 5.15. The zero-order chi connectivity index (χ0) is 21.3. The molecular weight excluding hydrogens is 396 g/mol. The van der Waals surface area contributed by atoms with E-state index >= 15 is 0 Å². The molecule has 0 bridgehead atoms. The van der Waals surface area contributed by atoms with E-state index in [4.69, 9.17) is 0 Å². The smallest absolute Gasteiger partial charge is 0.319 e. The molecule has 2 aromatic carbocycles. The Labute approximate surface area is 180 Å². The van der Waals surface area contributed by atoms with Gasteiger partial charge in [-0.05, 0) is 31.5 Å². The van der Waals surface area contributed by atoms with Gasteiger partial charge in [-0.25, -0.2) is 9.78 Å². The summed E-state index contributed by atoms with van der Waals surface area (Å²) < 4.78 is 0. The Kier molecular flexibility index (Phi) is 7.57. The first-order valence-corrected chi connectivity index (χ1v) is 10.9. The Bertz CT molecular complexity index is 998. The molecule has 0 saturated carbocycles. The van der Waals surface area contributed by atoms with Crippen molar-refractivity contribution < 1.29 is 9.59 Å². The fraction of sp³-hybridized carbons (Fsp3) is 0.261. The van der Waals surface area contributed by atoms with Crippen LogP contribution in [0.5, 0.6) is 0 Å². The monoisotopic (exact) mass is 422 g/mol. The second-order valence-corrected chi connectivity index (χ2v) is 7.84. The van der Waals surface area contributed by atoms with Crippen molar-refractivity contribution in [1.29, 1.82) is 0 Å². The highest BCUT2D eigenvalue weighted by atomic mass is 32.1. The molecule has 3 aromatic rings. The topological polar surface area (TPSA) is 83.1 Å². The van der Waals surface area contributed by atoms with Crippen molar-refractivity contribution in [2.45, 2.75) is 26.7 Å². The van der Waals surface area contributed by atoms with Crippen molar-refractivity contribution >= 4 is 29.0 Å². The lowest BCUT2D eigenvalue weighted by Gasteiger charge is -2.09. The number of rotatable bonds is 8. The van der Waals surface area contributed by atoms with Gasteiger partial charge in [0.2, 0.25) is 0 Å². The van der Waals surface area contributed by atoms with Gasteiger partial charge in [-0.3, -0.25) is 4.79 Å². The molecule has 3 amide bonds. The highest BCUT2D eigenvalue weighted by Gasteiger charge is 2.08. The van der Waals surface area contributed by atoms with Gasteiger partial charge >= 0.3 is 6.03 Å². The van der Waals surface area contributed by atoms with E-state index < -0.39 is 0 Å². The number of hydrogen-bond acceptors (Lipinski definition) is 4. The molecule has 0 unspecified atom stereocenters. The molecule has 0 atom stereocenters. The number of nitrogens with one attached hydrogen (secondary N) is 3. The van der Waals surface area contributed by atoms with Crippen LogP contribution in [0.15, 0.2) is 53.9 Å². The third-order valence-corrected chi connectivity index (χ3v) is 5.38. The van der Waals surface area contributed by atoms with Crippen LogP contribution in [-0.2, 0) is 6.42 Å². The molecule has 1 aromatic heterocycles. The summed E-state index contributed by atoms with van der Waals surface area (Å²) in [5.41, 5.74) is 4.37. The Hall–Kier alpha value is -3.19. The molecule has 6 nitrogen and oxygen atoms in total. The van der Waals surface area contributed by atoms with Crippen LogP contribution in [0.1, 0.15) is 35.0 Å². The van der Waals surface area contributed by atoms with E-state index in [1.54, 1.807) is 35.6 Å². The maximum atomic E-state index is 12.2. The molecule has 7 heteroatoms. The van der Waals surface area contributed by atoms with Gasteiger partial charge in [0.25, 0.3) is 5.91 Å². The van der Waals surface area contributed by atoms with Gasteiger partial charge in [0.1, 0.15) is 5.01 Å². The Morgan fingerprint density at radius 3 is 2.60 bits per heavy atom. The van der Waals surface area contributed by atoms with Crippen molar-refractivity contribution in [1.82, 2.24) is 15.6 Å². The fourth-order valence-corrected chi connectivity index (χ4v) is 3.67. The molecule has 0 aliphatic carbocycles. The summed E-state index contributed by atoms with van der Waals surface area (Å²) >= 11 is 1.60. The van der Waals surface area contributed by atoms with Crippen molar-refractivity contribution in [3.63, 3.8) is 0 Å². The second kappa shape index (κ2) is 10.5. The van der Waals surface area contributed by atoms with Crippen molar-refractivity contribution in [3.8, 4) is 10.6 Å². The van der Waals surface area contributed by atoms with Crippen LogP contribution in [0.3, 0.4) is 0 Å². The highest BCUT2D eigenvalue weighted by Crippen LogP contribution is 2.24. The molecular formula is C23H26N4O2S. The van der Waals surface area contributed by atoms with Crippen molar-refractivity contribution in [2.75, 3.05) is 18.4 Å². The number of benzene rings is 2. The highest BCUT2D eigenvalue weighted by molar-refractivity contribution is 7.13. The van der Waals surface area contributed by atoms with Gasteiger partial charge in [0, 0.05) is 41.7 Å². The van der Waals surface area contributed by atoms with E-state index in [1.807, 2.05) is 12.3 Å². The van der Waals surface area contributed by atoms with E-state index in [0.717, 1.165) is 22.7 Å².